The third kappa shape index (κ3) is 4.34. The van der Waals surface area contributed by atoms with Gasteiger partial charge >= 0.3 is 5.69 Å². The monoisotopic (exact) mass is 471 g/mol. The highest BCUT2D eigenvalue weighted by Crippen LogP contribution is 2.37. The van der Waals surface area contributed by atoms with Crippen LogP contribution in [0.5, 0.6) is 0 Å². The molecule has 3 aromatic heterocycles. The maximum Gasteiger partial charge on any atom is 0.329 e. The summed E-state index contributed by atoms with van der Waals surface area (Å²) in [5, 5.41) is 14.0. The summed E-state index contributed by atoms with van der Waals surface area (Å²) in [7, 11) is 0. The van der Waals surface area contributed by atoms with E-state index >= 15 is 0 Å². The lowest BCUT2D eigenvalue weighted by molar-refractivity contribution is -0.133. The molecule has 0 radical (unpaired) electrons. The number of H-pyrrole nitrogens is 1. The van der Waals surface area contributed by atoms with Gasteiger partial charge in [0.15, 0.2) is 11.6 Å². The summed E-state index contributed by atoms with van der Waals surface area (Å²) in [4.78, 5) is 30.3. The lowest BCUT2D eigenvalue weighted by Crippen LogP contribution is -2.43. The number of aryl methyl sites for hydroxylation is 1. The van der Waals surface area contributed by atoms with Crippen LogP contribution in [0.2, 0.25) is 0 Å². The van der Waals surface area contributed by atoms with Crippen LogP contribution in [-0.2, 0) is 17.8 Å². The first-order valence-corrected chi connectivity index (χ1v) is 12.2. The number of tetrazole rings is 1. The summed E-state index contributed by atoms with van der Waals surface area (Å²) in [6, 6.07) is 9.59. The molecule has 1 saturated carbocycles. The molecule has 1 aliphatic rings. The molecular weight excluding hydrogens is 442 g/mol. The van der Waals surface area contributed by atoms with Crippen LogP contribution in [0.4, 0.5) is 0 Å². The van der Waals surface area contributed by atoms with Gasteiger partial charge in [0.2, 0.25) is 0 Å². The Balaban J connectivity index is 1.50. The summed E-state index contributed by atoms with van der Waals surface area (Å²) < 4.78 is 3.50. The fourth-order valence-electron chi connectivity index (χ4n) is 4.91. The number of aromatic nitrogens is 7. The van der Waals surface area contributed by atoms with E-state index < -0.39 is 0 Å². The van der Waals surface area contributed by atoms with E-state index in [1.807, 2.05) is 47.3 Å². The molecule has 5 rings (SSSR count). The topological polar surface area (TPSA) is 111 Å². The minimum absolute atomic E-state index is 0.115. The number of carbonyl (C=O) groups excluding carboxylic acids is 1. The lowest BCUT2D eigenvalue weighted by atomic mass is 9.76. The van der Waals surface area contributed by atoms with Crippen molar-refractivity contribution in [1.82, 2.24) is 34.7 Å². The minimum atomic E-state index is -0.333. The second-order valence-corrected chi connectivity index (χ2v) is 9.14. The van der Waals surface area contributed by atoms with Gasteiger partial charge in [0.1, 0.15) is 0 Å². The number of rotatable bonds is 9. The van der Waals surface area contributed by atoms with Crippen molar-refractivity contribution >= 4 is 5.78 Å². The molecule has 3 heterocycles. The molecule has 0 bridgehead atoms. The van der Waals surface area contributed by atoms with Crippen LogP contribution in [0, 0.1) is 5.92 Å². The highest BCUT2D eigenvalue weighted by atomic mass is 16.2. The first-order valence-electron chi connectivity index (χ1n) is 12.2. The quantitative estimate of drug-likeness (QED) is 0.397. The van der Waals surface area contributed by atoms with Crippen molar-refractivity contribution in [2.45, 2.75) is 58.5 Å². The molecule has 35 heavy (non-hydrogen) atoms. The van der Waals surface area contributed by atoms with E-state index in [0.29, 0.717) is 18.8 Å². The average Bonchev–Trinajstić information content (AvgIpc) is 3.51. The number of hydrogen-bond donors (Lipinski definition) is 1. The van der Waals surface area contributed by atoms with Gasteiger partial charge in [-0.25, -0.2) is 9.89 Å². The molecule has 9 heteroatoms. The number of nitrogens with one attached hydrogen (secondary N) is 1. The zero-order valence-corrected chi connectivity index (χ0v) is 20.0. The Bertz CT molecular complexity index is 1370. The normalized spacial score (nSPS) is 17.5. The smallest absolute Gasteiger partial charge is 0.297 e. The van der Waals surface area contributed by atoms with Gasteiger partial charge in [-0.15, -0.1) is 5.10 Å². The highest BCUT2D eigenvalue weighted by molar-refractivity contribution is 5.89. The number of aromatic amines is 1. The Morgan fingerprint density at radius 2 is 1.89 bits per heavy atom. The molecular formula is C26H29N7O2. The van der Waals surface area contributed by atoms with Crippen molar-refractivity contribution < 1.29 is 4.79 Å². The van der Waals surface area contributed by atoms with E-state index in [2.05, 4.69) is 39.5 Å². The molecule has 4 aromatic rings. The largest absolute Gasteiger partial charge is 0.329 e. The number of nitrogens with zero attached hydrogens (tertiary/aromatic N) is 6. The van der Waals surface area contributed by atoms with Crippen LogP contribution in [0.25, 0.3) is 22.5 Å². The first kappa shape index (κ1) is 22.9. The van der Waals surface area contributed by atoms with Crippen molar-refractivity contribution in [2.24, 2.45) is 5.92 Å². The maximum absolute atomic E-state index is 13.6. The number of ketones is 1. The summed E-state index contributed by atoms with van der Waals surface area (Å²) in [6.07, 6.45) is 9.77. The Kier molecular flexibility index (Phi) is 6.39. The van der Waals surface area contributed by atoms with Crippen LogP contribution in [0.1, 0.15) is 56.8 Å². The van der Waals surface area contributed by atoms with Gasteiger partial charge in [-0.2, -0.15) is 0 Å². The van der Waals surface area contributed by atoms with Gasteiger partial charge < -0.3 is 0 Å². The number of carbonyl (C=O) groups is 1. The van der Waals surface area contributed by atoms with E-state index in [1.54, 1.807) is 10.8 Å². The molecule has 9 nitrogen and oxygen atoms in total. The highest BCUT2D eigenvalue weighted by Gasteiger charge is 2.41. The number of imidazole rings is 1. The second-order valence-electron chi connectivity index (χ2n) is 9.14. The zero-order chi connectivity index (χ0) is 24.4. The molecule has 0 aliphatic heterocycles. The molecule has 1 aromatic carbocycles. The number of pyridine rings is 1. The van der Waals surface area contributed by atoms with E-state index in [4.69, 9.17) is 0 Å². The van der Waals surface area contributed by atoms with Gasteiger partial charge in [0.05, 0.1) is 12.6 Å². The van der Waals surface area contributed by atoms with Gasteiger partial charge in [0, 0.05) is 36.3 Å². The van der Waals surface area contributed by atoms with Gasteiger partial charge in [-0.05, 0) is 51.9 Å². The molecule has 1 aliphatic carbocycles. The van der Waals surface area contributed by atoms with Crippen LogP contribution >= 0.6 is 0 Å². The summed E-state index contributed by atoms with van der Waals surface area (Å²) in [5.41, 5.74) is 4.71. The zero-order valence-electron chi connectivity index (χ0n) is 20.0. The van der Waals surface area contributed by atoms with Crippen LogP contribution < -0.4 is 5.69 Å². The molecule has 0 spiro atoms. The number of unbranched alkanes of at least 4 members (excludes halogenated alkanes) is 1. The molecule has 0 amide bonds. The van der Waals surface area contributed by atoms with Crippen molar-refractivity contribution in [2.75, 3.05) is 0 Å². The van der Waals surface area contributed by atoms with Crippen molar-refractivity contribution in [3.63, 3.8) is 0 Å². The molecule has 2 atom stereocenters. The fourth-order valence-corrected chi connectivity index (χ4v) is 4.91. The second kappa shape index (κ2) is 9.77. The van der Waals surface area contributed by atoms with E-state index in [9.17, 15) is 9.59 Å². The minimum Gasteiger partial charge on any atom is -0.297 e. The van der Waals surface area contributed by atoms with Gasteiger partial charge in [0.25, 0.3) is 0 Å². The van der Waals surface area contributed by atoms with E-state index in [-0.39, 0.29) is 23.4 Å². The standard InChI is InChI=1S/C26H29N7O2/c1-3-5-6-21-16-33(24-17(4-2)13-23(24)34)26(35)32(21)15-20-14-27-12-11-22(20)18-7-9-19(10-8-18)25-28-30-31-29-25/h7-12,14,16-17,24H,3-6,13,15H2,1-2H3,(H,28,29,30,31). The summed E-state index contributed by atoms with van der Waals surface area (Å²) in [6.45, 7) is 4.62. The number of Topliss-reactive ketones (excluding diaryl/α,β-unsaturated/α-hetero) is 1. The molecule has 0 saturated heterocycles. The fraction of sp³-hybridized carbons (Fsp3) is 0.385. The maximum atomic E-state index is 13.6. The van der Waals surface area contributed by atoms with Gasteiger partial charge in [-0.1, -0.05) is 51.0 Å². The molecule has 2 unspecified atom stereocenters. The summed E-state index contributed by atoms with van der Waals surface area (Å²) in [5.74, 6) is 1.00. The molecule has 1 N–H and O–H groups in total. The van der Waals surface area contributed by atoms with Crippen LogP contribution in [0.15, 0.2) is 53.7 Å². The Labute approximate surface area is 203 Å². The lowest BCUT2D eigenvalue weighted by Gasteiger charge is -2.34. The third-order valence-corrected chi connectivity index (χ3v) is 6.98. The molecule has 1 fully saturated rings. The van der Waals surface area contributed by atoms with Crippen molar-refractivity contribution in [1.29, 1.82) is 0 Å². The summed E-state index contributed by atoms with van der Waals surface area (Å²) >= 11 is 0. The van der Waals surface area contributed by atoms with Crippen LogP contribution in [-0.4, -0.2) is 40.5 Å². The number of hydrogen-bond acceptors (Lipinski definition) is 6. The van der Waals surface area contributed by atoms with Crippen LogP contribution in [0.3, 0.4) is 0 Å². The Morgan fingerprint density at radius 3 is 2.57 bits per heavy atom. The average molecular weight is 472 g/mol. The van der Waals surface area contributed by atoms with E-state index in [0.717, 1.165) is 53.6 Å². The predicted molar refractivity (Wildman–Crippen MR) is 132 cm³/mol. The molecule has 180 valence electrons. The predicted octanol–water partition coefficient (Wildman–Crippen LogP) is 3.82. The number of benzene rings is 1. The Morgan fingerprint density at radius 1 is 1.09 bits per heavy atom. The SMILES string of the molecule is CCCCc1cn(C2C(=O)CC2CC)c(=O)n1Cc1cnccc1-c1ccc(-c2nnn[nH]2)cc1. The van der Waals surface area contributed by atoms with Crippen molar-refractivity contribution in [3.8, 4) is 22.5 Å². The third-order valence-electron chi connectivity index (χ3n) is 6.98. The van der Waals surface area contributed by atoms with E-state index in [1.165, 1.54) is 0 Å². The van der Waals surface area contributed by atoms with Gasteiger partial charge in [-0.3, -0.25) is 18.9 Å². The van der Waals surface area contributed by atoms with Crippen molar-refractivity contribution in [3.05, 3.63) is 70.7 Å². The Hall–Kier alpha value is -3.88. The first-order chi connectivity index (χ1) is 17.1.